The molecule has 4 heteroatoms. The molecule has 1 aliphatic heterocycles. The van der Waals surface area contributed by atoms with Crippen molar-refractivity contribution in [3.05, 3.63) is 21.5 Å². The summed E-state index contributed by atoms with van der Waals surface area (Å²) in [5, 5.41) is 10.3. The normalized spacial score (nSPS) is 46.5. The van der Waals surface area contributed by atoms with E-state index in [9.17, 15) is 9.90 Å². The van der Waals surface area contributed by atoms with Crippen LogP contribution < -0.4 is 0 Å². The second-order valence-corrected chi connectivity index (χ2v) is 13.4. The Morgan fingerprint density at radius 3 is 2.66 bits per heavy atom. The molecule has 0 aromatic heterocycles. The van der Waals surface area contributed by atoms with Crippen LogP contribution in [0.3, 0.4) is 0 Å². The number of carboxylic acids is 1. The van der Waals surface area contributed by atoms with Gasteiger partial charge in [0, 0.05) is 21.8 Å². The smallest absolute Gasteiger partial charge is 0.309 e. The highest BCUT2D eigenvalue weighted by Crippen LogP contribution is 2.75. The lowest BCUT2D eigenvalue weighted by atomic mass is 9.39. The standard InChI is InChI=1S/C25H36O2S2/c1-15(2)16-6-7-19-23(3)8-5-9-24(4,22(26)27)20(23)13-17-12-18-21(25(17,19)14-16)29-11-10-28-18/h14-15,17,19-20H,5-13H2,1-4H3,(H,26,27)/t17-,19-,20-,23-,24-,25-/m1/s1. The summed E-state index contributed by atoms with van der Waals surface area (Å²) in [5.74, 6) is 4.09. The first-order valence-corrected chi connectivity index (χ1v) is 13.6. The predicted molar refractivity (Wildman–Crippen MR) is 124 cm³/mol. The molecule has 4 aliphatic carbocycles. The van der Waals surface area contributed by atoms with Gasteiger partial charge >= 0.3 is 5.97 Å². The highest BCUT2D eigenvalue weighted by Gasteiger charge is 2.68. The molecule has 1 spiro atoms. The molecule has 0 amide bonds. The molecule has 29 heavy (non-hydrogen) atoms. The number of allylic oxidation sites excluding steroid dienone is 4. The van der Waals surface area contributed by atoms with Crippen molar-refractivity contribution in [3.63, 3.8) is 0 Å². The third-order valence-electron chi connectivity index (χ3n) is 9.61. The van der Waals surface area contributed by atoms with E-state index >= 15 is 0 Å². The van der Waals surface area contributed by atoms with Crippen molar-refractivity contribution < 1.29 is 9.90 Å². The number of carboxylic acid groups (broad SMARTS) is 1. The number of carbonyl (C=O) groups is 1. The van der Waals surface area contributed by atoms with Crippen LogP contribution >= 0.6 is 23.5 Å². The van der Waals surface area contributed by atoms with Gasteiger partial charge in [0.05, 0.1) is 5.41 Å². The van der Waals surface area contributed by atoms with Crippen LogP contribution in [-0.2, 0) is 4.79 Å². The van der Waals surface area contributed by atoms with Gasteiger partial charge in [-0.15, -0.1) is 23.5 Å². The molecule has 1 N–H and O–H groups in total. The summed E-state index contributed by atoms with van der Waals surface area (Å²) in [6.07, 6.45) is 10.7. The molecule has 2 saturated carbocycles. The fourth-order valence-corrected chi connectivity index (χ4v) is 11.2. The van der Waals surface area contributed by atoms with Crippen molar-refractivity contribution in [1.29, 1.82) is 0 Å². The Bertz CT molecular complexity index is 799. The van der Waals surface area contributed by atoms with E-state index in [1.807, 2.05) is 0 Å². The Morgan fingerprint density at radius 1 is 1.17 bits per heavy atom. The second kappa shape index (κ2) is 6.82. The minimum Gasteiger partial charge on any atom is -0.481 e. The molecule has 0 unspecified atom stereocenters. The number of fused-ring (bicyclic) bond motifs is 2. The Kier molecular flexibility index (Phi) is 4.83. The average molecular weight is 433 g/mol. The Morgan fingerprint density at radius 2 is 1.93 bits per heavy atom. The van der Waals surface area contributed by atoms with Crippen molar-refractivity contribution in [2.45, 2.75) is 72.6 Å². The Balaban J connectivity index is 1.68. The molecule has 5 rings (SSSR count). The van der Waals surface area contributed by atoms with E-state index in [1.54, 1.807) is 15.4 Å². The molecule has 0 radical (unpaired) electrons. The van der Waals surface area contributed by atoms with Crippen molar-refractivity contribution in [2.24, 2.45) is 39.9 Å². The Labute approximate surface area is 184 Å². The molecule has 0 saturated heterocycles. The molecule has 160 valence electrons. The van der Waals surface area contributed by atoms with Gasteiger partial charge in [-0.1, -0.05) is 38.8 Å². The van der Waals surface area contributed by atoms with E-state index in [0.717, 1.165) is 19.3 Å². The zero-order valence-electron chi connectivity index (χ0n) is 18.4. The highest BCUT2D eigenvalue weighted by molar-refractivity contribution is 8.10. The number of thioether (sulfide) groups is 2. The van der Waals surface area contributed by atoms with E-state index in [1.165, 1.54) is 37.2 Å². The highest BCUT2D eigenvalue weighted by atomic mass is 32.2. The van der Waals surface area contributed by atoms with Crippen molar-refractivity contribution in [3.8, 4) is 0 Å². The third kappa shape index (κ3) is 2.66. The van der Waals surface area contributed by atoms with E-state index in [2.05, 4.69) is 57.3 Å². The minimum absolute atomic E-state index is 0.145. The predicted octanol–water partition coefficient (Wildman–Crippen LogP) is 6.98. The molecule has 6 atom stereocenters. The summed E-state index contributed by atoms with van der Waals surface area (Å²) in [6.45, 7) is 9.29. The van der Waals surface area contributed by atoms with Crippen molar-refractivity contribution in [1.82, 2.24) is 0 Å². The zero-order chi connectivity index (χ0) is 20.6. The fraction of sp³-hybridized carbons (Fsp3) is 0.800. The SMILES string of the molecule is CC(C)C1=C[C@@]23C4=C(C[C@@H]2C[C@@H]2[C@](C)(CCC[C@@]2(C)C(=O)O)[C@H]3CC1)SCCS4. The Hall–Kier alpha value is -0.350. The number of hydrogen-bond acceptors (Lipinski definition) is 3. The lowest BCUT2D eigenvalue weighted by Crippen LogP contribution is -2.60. The summed E-state index contributed by atoms with van der Waals surface area (Å²) in [6, 6.07) is 0. The number of aliphatic carboxylic acids is 1. The number of hydrogen-bond donors (Lipinski definition) is 1. The van der Waals surface area contributed by atoms with Crippen LogP contribution in [0.5, 0.6) is 0 Å². The van der Waals surface area contributed by atoms with Crippen LogP contribution in [0, 0.1) is 39.9 Å². The van der Waals surface area contributed by atoms with Crippen LogP contribution in [0.1, 0.15) is 72.6 Å². The molecular formula is C25H36O2S2. The molecule has 0 aromatic rings. The van der Waals surface area contributed by atoms with Gasteiger partial charge in [0.1, 0.15) is 0 Å². The van der Waals surface area contributed by atoms with Crippen molar-refractivity contribution in [2.75, 3.05) is 11.5 Å². The lowest BCUT2D eigenvalue weighted by molar-refractivity contribution is -0.178. The molecule has 2 nitrogen and oxygen atoms in total. The first kappa shape index (κ1) is 20.5. The first-order chi connectivity index (χ1) is 13.7. The maximum absolute atomic E-state index is 12.5. The fourth-order valence-electron chi connectivity index (χ4n) is 8.22. The van der Waals surface area contributed by atoms with Crippen LogP contribution in [0.4, 0.5) is 0 Å². The van der Waals surface area contributed by atoms with Gasteiger partial charge in [-0.05, 0) is 79.4 Å². The molecule has 5 aliphatic rings. The monoisotopic (exact) mass is 432 g/mol. The number of rotatable bonds is 2. The zero-order valence-corrected chi connectivity index (χ0v) is 20.1. The summed E-state index contributed by atoms with van der Waals surface area (Å²) in [5.41, 5.74) is 1.46. The molecule has 0 bridgehead atoms. The van der Waals surface area contributed by atoms with Gasteiger partial charge in [0.15, 0.2) is 0 Å². The summed E-state index contributed by atoms with van der Waals surface area (Å²) < 4.78 is 0. The average Bonchev–Trinajstić information content (AvgIpc) is 2.99. The van der Waals surface area contributed by atoms with Gasteiger partial charge < -0.3 is 5.11 Å². The van der Waals surface area contributed by atoms with Gasteiger partial charge in [-0.25, -0.2) is 0 Å². The van der Waals surface area contributed by atoms with Gasteiger partial charge in [-0.3, -0.25) is 4.79 Å². The topological polar surface area (TPSA) is 37.3 Å². The largest absolute Gasteiger partial charge is 0.481 e. The molecule has 0 aromatic carbocycles. The van der Waals surface area contributed by atoms with E-state index in [4.69, 9.17) is 0 Å². The summed E-state index contributed by atoms with van der Waals surface area (Å²) in [4.78, 5) is 15.9. The van der Waals surface area contributed by atoms with Crippen LogP contribution in [0.15, 0.2) is 21.5 Å². The first-order valence-electron chi connectivity index (χ1n) is 11.7. The van der Waals surface area contributed by atoms with Crippen LogP contribution in [0.2, 0.25) is 0 Å². The maximum atomic E-state index is 12.5. The van der Waals surface area contributed by atoms with Crippen LogP contribution in [0.25, 0.3) is 0 Å². The summed E-state index contributed by atoms with van der Waals surface area (Å²) in [7, 11) is 0. The quantitative estimate of drug-likeness (QED) is 0.478. The van der Waals surface area contributed by atoms with Gasteiger partial charge in [-0.2, -0.15) is 0 Å². The maximum Gasteiger partial charge on any atom is 0.309 e. The molecule has 1 heterocycles. The van der Waals surface area contributed by atoms with Crippen molar-refractivity contribution >= 4 is 29.5 Å². The van der Waals surface area contributed by atoms with Gasteiger partial charge in [0.25, 0.3) is 0 Å². The van der Waals surface area contributed by atoms with E-state index in [-0.39, 0.29) is 10.8 Å². The third-order valence-corrected chi connectivity index (χ3v) is 12.4. The molecular weight excluding hydrogens is 396 g/mol. The second-order valence-electron chi connectivity index (χ2n) is 11.1. The lowest BCUT2D eigenvalue weighted by Gasteiger charge is -2.65. The minimum atomic E-state index is -0.551. The van der Waals surface area contributed by atoms with Crippen LogP contribution in [-0.4, -0.2) is 22.6 Å². The van der Waals surface area contributed by atoms with E-state index < -0.39 is 11.4 Å². The van der Waals surface area contributed by atoms with Gasteiger partial charge in [0.2, 0.25) is 0 Å². The van der Waals surface area contributed by atoms with E-state index in [0.29, 0.717) is 23.7 Å². The molecule has 2 fully saturated rings. The summed E-state index contributed by atoms with van der Waals surface area (Å²) >= 11 is 4.26.